The lowest BCUT2D eigenvalue weighted by molar-refractivity contribution is 0.348. The smallest absolute Gasteiger partial charge is 0.179 e. The highest BCUT2D eigenvalue weighted by atomic mass is 79.9. The third-order valence-corrected chi connectivity index (χ3v) is 7.54. The molecule has 1 aromatic carbocycles. The second-order valence-corrected chi connectivity index (χ2v) is 10.2. The van der Waals surface area contributed by atoms with Crippen molar-refractivity contribution in [1.29, 1.82) is 5.26 Å². The fraction of sp³-hybridized carbons (Fsp3) is 0.320. The van der Waals surface area contributed by atoms with Crippen molar-refractivity contribution in [2.75, 3.05) is 18.4 Å². The van der Waals surface area contributed by atoms with Crippen LogP contribution >= 0.6 is 27.9 Å². The summed E-state index contributed by atoms with van der Waals surface area (Å²) in [6.45, 7) is 1.78. The normalized spacial score (nSPS) is 17.7. The molecule has 1 fully saturated rings. The van der Waals surface area contributed by atoms with Crippen molar-refractivity contribution < 1.29 is 0 Å². The highest BCUT2D eigenvalue weighted by molar-refractivity contribution is 9.10. The number of nitriles is 1. The molecule has 3 aromatic rings. The molecular weight excluding hydrogens is 510 g/mol. The van der Waals surface area contributed by atoms with Gasteiger partial charge in [-0.1, -0.05) is 18.2 Å². The van der Waals surface area contributed by atoms with Crippen LogP contribution in [0.25, 0.3) is 11.2 Å². The third-order valence-electron chi connectivity index (χ3n) is 6.12. The van der Waals surface area contributed by atoms with Gasteiger partial charge in [0.1, 0.15) is 5.82 Å². The molecule has 2 N–H and O–H groups in total. The summed E-state index contributed by atoms with van der Waals surface area (Å²) in [6.07, 6.45) is 16.0. The molecule has 1 aliphatic heterocycles. The van der Waals surface area contributed by atoms with Crippen molar-refractivity contribution in [1.82, 2.24) is 24.2 Å². The Morgan fingerprint density at radius 3 is 2.91 bits per heavy atom. The molecule has 1 saturated heterocycles. The van der Waals surface area contributed by atoms with Crippen LogP contribution in [0.15, 0.2) is 64.1 Å². The molecule has 1 atom stereocenters. The lowest BCUT2D eigenvalue weighted by Gasteiger charge is -2.18. The first-order chi connectivity index (χ1) is 16.7. The first-order valence-corrected chi connectivity index (χ1v) is 13.2. The Kier molecular flexibility index (Phi) is 7.19. The maximum atomic E-state index is 9.17. The molecule has 2 aliphatic rings. The predicted molar refractivity (Wildman–Crippen MR) is 141 cm³/mol. The number of nitrogens with zero attached hydrogens (tertiary/aromatic N) is 5. The summed E-state index contributed by atoms with van der Waals surface area (Å²) in [7, 11) is 0. The number of likely N-dealkylation sites (tertiary alicyclic amines) is 1. The second kappa shape index (κ2) is 10.6. The van der Waals surface area contributed by atoms with Crippen LogP contribution in [0.4, 0.5) is 11.5 Å². The van der Waals surface area contributed by atoms with Gasteiger partial charge in [-0.25, -0.2) is 4.98 Å². The molecule has 1 aliphatic carbocycles. The summed E-state index contributed by atoms with van der Waals surface area (Å²) >= 11 is 5.20. The number of nitrogens with one attached hydrogen (secondary N) is 2. The van der Waals surface area contributed by atoms with Crippen molar-refractivity contribution in [2.45, 2.75) is 43.0 Å². The SMILES string of the molecule is N#CN1CCCC1CCNSc1ccc(Nc2cc(C3=CCCC=C3)nc3c(Br)cnn23)cc1. The van der Waals surface area contributed by atoms with Gasteiger partial charge in [-0.15, -0.1) is 0 Å². The molecule has 174 valence electrons. The van der Waals surface area contributed by atoms with Crippen LogP contribution in [0, 0.1) is 11.5 Å². The Balaban J connectivity index is 1.24. The van der Waals surface area contributed by atoms with Gasteiger partial charge in [0.15, 0.2) is 11.8 Å². The average molecular weight is 537 g/mol. The number of allylic oxidation sites excluding steroid dienone is 4. The molecule has 0 amide bonds. The molecule has 9 heteroatoms. The number of benzene rings is 1. The number of hydrogen-bond acceptors (Lipinski definition) is 7. The largest absolute Gasteiger partial charge is 0.340 e. The van der Waals surface area contributed by atoms with E-state index in [0.29, 0.717) is 6.04 Å². The van der Waals surface area contributed by atoms with Gasteiger partial charge in [0.25, 0.3) is 0 Å². The molecule has 3 heterocycles. The maximum Gasteiger partial charge on any atom is 0.179 e. The van der Waals surface area contributed by atoms with E-state index in [1.165, 1.54) is 0 Å². The monoisotopic (exact) mass is 535 g/mol. The lowest BCUT2D eigenvalue weighted by atomic mass is 10.0. The van der Waals surface area contributed by atoms with Crippen LogP contribution in [0.5, 0.6) is 0 Å². The first-order valence-electron chi connectivity index (χ1n) is 11.6. The summed E-state index contributed by atoms with van der Waals surface area (Å²) in [5.41, 5.74) is 3.84. The topological polar surface area (TPSA) is 81.3 Å². The number of hydrogen-bond donors (Lipinski definition) is 2. The van der Waals surface area contributed by atoms with Crippen molar-refractivity contribution in [2.24, 2.45) is 0 Å². The molecule has 2 aromatic heterocycles. The van der Waals surface area contributed by atoms with Gasteiger partial charge in [-0.05, 0) is 89.8 Å². The minimum atomic E-state index is 0.383. The van der Waals surface area contributed by atoms with Crippen LogP contribution in [-0.2, 0) is 0 Å². The Morgan fingerprint density at radius 1 is 1.24 bits per heavy atom. The van der Waals surface area contributed by atoms with Crippen molar-refractivity contribution >= 4 is 50.6 Å². The molecule has 5 rings (SSSR count). The predicted octanol–water partition coefficient (Wildman–Crippen LogP) is 5.90. The van der Waals surface area contributed by atoms with E-state index in [1.54, 1.807) is 18.1 Å². The highest BCUT2D eigenvalue weighted by Gasteiger charge is 2.22. The Labute approximate surface area is 212 Å². The van der Waals surface area contributed by atoms with Crippen LogP contribution in [-0.4, -0.2) is 38.6 Å². The summed E-state index contributed by atoms with van der Waals surface area (Å²) in [5, 5.41) is 17.2. The minimum absolute atomic E-state index is 0.383. The zero-order valence-corrected chi connectivity index (χ0v) is 21.1. The van der Waals surface area contributed by atoms with Gasteiger partial charge in [0.05, 0.1) is 16.4 Å². The number of aromatic nitrogens is 3. The lowest BCUT2D eigenvalue weighted by Crippen LogP contribution is -2.27. The van der Waals surface area contributed by atoms with Crippen LogP contribution in [0.3, 0.4) is 0 Å². The minimum Gasteiger partial charge on any atom is -0.340 e. The fourth-order valence-electron chi connectivity index (χ4n) is 4.36. The standard InChI is InChI=1S/C25H26BrN7S/c26-22-16-28-33-24(15-23(31-25(22)33)18-5-2-1-3-6-18)30-19-8-10-21(11-9-19)34-29-13-12-20-7-4-14-32(20)17-27/h2,5-6,8-11,15-16,20,29-30H,1,3-4,7,12-14H2. The molecule has 0 spiro atoms. The molecule has 7 nitrogen and oxygen atoms in total. The second-order valence-electron chi connectivity index (χ2n) is 8.42. The van der Waals surface area contributed by atoms with Crippen LogP contribution in [0.2, 0.25) is 0 Å². The number of rotatable bonds is 8. The molecule has 0 bridgehead atoms. The van der Waals surface area contributed by atoms with E-state index >= 15 is 0 Å². The van der Waals surface area contributed by atoms with Crippen molar-refractivity contribution in [3.63, 3.8) is 0 Å². The first kappa shape index (κ1) is 23.0. The Bertz CT molecular complexity index is 1260. The van der Waals surface area contributed by atoms with Gasteiger partial charge in [-0.3, -0.25) is 4.72 Å². The van der Waals surface area contributed by atoms with Gasteiger partial charge in [0.2, 0.25) is 0 Å². The van der Waals surface area contributed by atoms with E-state index in [2.05, 4.69) is 79.8 Å². The fourth-order valence-corrected chi connectivity index (χ4v) is 5.36. The summed E-state index contributed by atoms with van der Waals surface area (Å²) in [5.74, 6) is 0.864. The summed E-state index contributed by atoms with van der Waals surface area (Å²) < 4.78 is 6.12. The van der Waals surface area contributed by atoms with E-state index in [9.17, 15) is 5.26 Å². The summed E-state index contributed by atoms with van der Waals surface area (Å²) in [4.78, 5) is 7.87. The molecular formula is C25H26BrN7S. The van der Waals surface area contributed by atoms with E-state index in [-0.39, 0.29) is 0 Å². The molecule has 0 radical (unpaired) electrons. The zero-order valence-electron chi connectivity index (χ0n) is 18.7. The van der Waals surface area contributed by atoms with Gasteiger partial charge >= 0.3 is 0 Å². The number of anilines is 2. The van der Waals surface area contributed by atoms with Crippen LogP contribution < -0.4 is 10.0 Å². The molecule has 0 saturated carbocycles. The number of halogens is 1. The maximum absolute atomic E-state index is 9.17. The van der Waals surface area contributed by atoms with Crippen molar-refractivity contribution in [3.8, 4) is 6.19 Å². The highest BCUT2D eigenvalue weighted by Crippen LogP contribution is 2.28. The Morgan fingerprint density at radius 2 is 2.12 bits per heavy atom. The van der Waals surface area contributed by atoms with E-state index in [1.807, 2.05) is 15.5 Å². The van der Waals surface area contributed by atoms with Gasteiger partial charge in [0, 0.05) is 35.8 Å². The van der Waals surface area contributed by atoms with Gasteiger partial charge < -0.3 is 10.2 Å². The molecule has 1 unspecified atom stereocenters. The Hall–Kier alpha value is -2.80. The van der Waals surface area contributed by atoms with E-state index in [4.69, 9.17) is 4.98 Å². The summed E-state index contributed by atoms with van der Waals surface area (Å²) in [6, 6.07) is 10.8. The zero-order chi connectivity index (χ0) is 23.3. The van der Waals surface area contributed by atoms with E-state index < -0.39 is 0 Å². The molecule has 34 heavy (non-hydrogen) atoms. The third kappa shape index (κ3) is 5.14. The average Bonchev–Trinajstić information content (AvgIpc) is 3.49. The van der Waals surface area contributed by atoms with Crippen molar-refractivity contribution in [3.05, 3.63) is 64.9 Å². The number of fused-ring (bicyclic) bond motifs is 1. The van der Waals surface area contributed by atoms with Gasteiger partial charge in [-0.2, -0.15) is 14.9 Å². The van der Waals surface area contributed by atoms with E-state index in [0.717, 1.165) is 83.0 Å². The van der Waals surface area contributed by atoms with Crippen LogP contribution in [0.1, 0.15) is 37.8 Å². The quantitative estimate of drug-likeness (QED) is 0.211.